The highest BCUT2D eigenvalue weighted by Crippen LogP contribution is 1.76. The molecule has 2 radical (unpaired) electrons. The van der Waals surface area contributed by atoms with E-state index in [1.165, 1.54) is 0 Å². The van der Waals surface area contributed by atoms with Crippen molar-refractivity contribution in [2.75, 3.05) is 0 Å². The molecular formula is C9H14BNO3. The van der Waals surface area contributed by atoms with Crippen LogP contribution in [0.15, 0.2) is 43.0 Å². The number of carbonyl (C=O) groups is 1. The number of amides is 1. The van der Waals surface area contributed by atoms with Crippen LogP contribution in [-0.2, 0) is 4.79 Å². The number of rotatable bonds is 1. The smallest absolute Gasteiger partial charge is 0.240 e. The Balaban J connectivity index is -0.000000159. The van der Waals surface area contributed by atoms with Crippen LogP contribution in [0.3, 0.4) is 0 Å². The lowest BCUT2D eigenvalue weighted by molar-refractivity contribution is -0.113. The molecular weight excluding hydrogens is 181 g/mol. The van der Waals surface area contributed by atoms with Crippen molar-refractivity contribution < 1.29 is 15.7 Å². The summed E-state index contributed by atoms with van der Waals surface area (Å²) < 4.78 is 0. The molecule has 0 unspecified atom stereocenters. The fourth-order valence-corrected chi connectivity index (χ4v) is 0.453. The van der Waals surface area contributed by atoms with Crippen molar-refractivity contribution >= 4 is 19.2 Å². The van der Waals surface area contributed by atoms with Gasteiger partial charge in [-0.15, -0.1) is 0 Å². The maximum absolute atomic E-state index is 9.47. The third-order valence-corrected chi connectivity index (χ3v) is 1.00. The predicted octanol–water partition coefficient (Wildman–Crippen LogP) is -1.51. The molecule has 0 aromatic heterocycles. The second-order valence-electron chi connectivity index (χ2n) is 2.02. The summed E-state index contributed by atoms with van der Waals surface area (Å²) in [7, 11) is 5.36. The van der Waals surface area contributed by atoms with Crippen molar-refractivity contribution in [1.82, 2.24) is 0 Å². The van der Waals surface area contributed by atoms with Crippen molar-refractivity contribution in [1.29, 1.82) is 0 Å². The minimum atomic E-state index is -0.481. The third kappa shape index (κ3) is 13.0. The van der Waals surface area contributed by atoms with Crippen molar-refractivity contribution in [3.63, 3.8) is 0 Å². The average Bonchev–Trinajstić information content (AvgIpc) is 2.07. The highest BCUT2D eigenvalue weighted by molar-refractivity contribution is 6.32. The van der Waals surface area contributed by atoms with Gasteiger partial charge in [0.1, 0.15) is 7.85 Å². The summed E-state index contributed by atoms with van der Waals surface area (Å²) in [6, 6.07) is 9.49. The second kappa shape index (κ2) is 11.4. The molecule has 5 heteroatoms. The van der Waals surface area contributed by atoms with Crippen LogP contribution in [0, 0.1) is 0 Å². The van der Waals surface area contributed by atoms with Gasteiger partial charge >= 0.3 is 0 Å². The van der Waals surface area contributed by atoms with Crippen molar-refractivity contribution in [2.24, 2.45) is 5.73 Å². The number of hydrogen-bond acceptors (Lipinski definition) is 1. The lowest BCUT2D eigenvalue weighted by atomic mass is 9.97. The van der Waals surface area contributed by atoms with Crippen LogP contribution in [0.25, 0.3) is 0 Å². The van der Waals surface area contributed by atoms with Gasteiger partial charge in [0.2, 0.25) is 5.91 Å². The fourth-order valence-electron chi connectivity index (χ4n) is 0.453. The Morgan fingerprint density at radius 3 is 1.79 bits per heavy atom. The van der Waals surface area contributed by atoms with Gasteiger partial charge in [-0.2, -0.15) is 0 Å². The number of nitrogens with two attached hydrogens (primary N) is 1. The topological polar surface area (TPSA) is 106 Å². The first-order valence-electron chi connectivity index (χ1n) is 3.39. The monoisotopic (exact) mass is 195 g/mol. The van der Waals surface area contributed by atoms with E-state index in [-0.39, 0.29) is 11.0 Å². The zero-order chi connectivity index (χ0) is 9.40. The Bertz CT molecular complexity index is 251. The van der Waals surface area contributed by atoms with E-state index >= 15 is 0 Å². The minimum Gasteiger partial charge on any atom is -0.412 e. The van der Waals surface area contributed by atoms with Gasteiger partial charge < -0.3 is 16.7 Å². The Labute approximate surface area is 84.5 Å². The molecule has 0 saturated carbocycles. The van der Waals surface area contributed by atoms with Crippen molar-refractivity contribution in [3.8, 4) is 0 Å². The Kier molecular flexibility index (Phi) is 14.9. The van der Waals surface area contributed by atoms with Crippen LogP contribution < -0.4 is 11.2 Å². The third-order valence-electron chi connectivity index (χ3n) is 1.00. The summed E-state index contributed by atoms with van der Waals surface area (Å²) in [5.74, 6) is -0.481. The SMILES string of the molecule is C=CC(N)=O.O.O.[B]c1ccccc1. The second-order valence-corrected chi connectivity index (χ2v) is 2.02. The van der Waals surface area contributed by atoms with Gasteiger partial charge in [0.15, 0.2) is 0 Å². The van der Waals surface area contributed by atoms with Crippen molar-refractivity contribution in [2.45, 2.75) is 0 Å². The molecule has 0 aliphatic rings. The van der Waals surface area contributed by atoms with Crippen LogP contribution in [0.2, 0.25) is 0 Å². The molecule has 14 heavy (non-hydrogen) atoms. The zero-order valence-electron chi connectivity index (χ0n) is 7.73. The standard InChI is InChI=1S/C6H5B.C3H5NO.2H2O/c7-6-4-2-1-3-5-6;1-2-3(4)5;;/h1-5H;2H,1H2,(H2,4,5);2*1H2. The van der Waals surface area contributed by atoms with Crippen LogP contribution in [0.4, 0.5) is 0 Å². The van der Waals surface area contributed by atoms with E-state index in [9.17, 15) is 4.79 Å². The van der Waals surface area contributed by atoms with E-state index in [2.05, 4.69) is 12.3 Å². The highest BCUT2D eigenvalue weighted by Gasteiger charge is 1.72. The number of primary amides is 1. The average molecular weight is 195 g/mol. The largest absolute Gasteiger partial charge is 0.412 e. The van der Waals surface area contributed by atoms with Crippen LogP contribution >= 0.6 is 0 Å². The molecule has 0 aliphatic carbocycles. The van der Waals surface area contributed by atoms with Gasteiger partial charge in [-0.05, 0) is 6.08 Å². The summed E-state index contributed by atoms with van der Waals surface area (Å²) in [4.78, 5) is 9.47. The fraction of sp³-hybridized carbons (Fsp3) is 0. The van der Waals surface area contributed by atoms with E-state index in [0.29, 0.717) is 0 Å². The molecule has 0 aliphatic heterocycles. The first-order chi connectivity index (χ1) is 5.66. The van der Waals surface area contributed by atoms with Crippen LogP contribution in [0.5, 0.6) is 0 Å². The summed E-state index contributed by atoms with van der Waals surface area (Å²) in [5.41, 5.74) is 5.36. The summed E-state index contributed by atoms with van der Waals surface area (Å²) in [6.07, 6.45) is 1.06. The minimum absolute atomic E-state index is 0. The quantitative estimate of drug-likeness (QED) is 0.426. The molecule has 1 aromatic rings. The molecule has 0 saturated heterocycles. The molecule has 1 aromatic carbocycles. The molecule has 6 N–H and O–H groups in total. The predicted molar refractivity (Wildman–Crippen MR) is 58.4 cm³/mol. The van der Waals surface area contributed by atoms with Crippen LogP contribution in [0.1, 0.15) is 0 Å². The molecule has 1 amide bonds. The summed E-state index contributed by atoms with van der Waals surface area (Å²) in [5, 5.41) is 0. The first-order valence-corrected chi connectivity index (χ1v) is 3.39. The van der Waals surface area contributed by atoms with Gasteiger partial charge in [0.25, 0.3) is 0 Å². The number of hydrogen-bond donors (Lipinski definition) is 1. The van der Waals surface area contributed by atoms with E-state index in [1.54, 1.807) is 0 Å². The maximum atomic E-state index is 9.47. The first kappa shape index (κ1) is 18.2. The van der Waals surface area contributed by atoms with E-state index < -0.39 is 5.91 Å². The summed E-state index contributed by atoms with van der Waals surface area (Å²) >= 11 is 0. The highest BCUT2D eigenvalue weighted by atomic mass is 16.1. The lowest BCUT2D eigenvalue weighted by Crippen LogP contribution is -2.04. The van der Waals surface area contributed by atoms with E-state index in [4.69, 9.17) is 7.85 Å². The molecule has 0 fully saturated rings. The van der Waals surface area contributed by atoms with Gasteiger partial charge in [0, 0.05) is 0 Å². The van der Waals surface area contributed by atoms with Gasteiger partial charge in [-0.1, -0.05) is 42.4 Å². The van der Waals surface area contributed by atoms with Gasteiger partial charge in [0.05, 0.1) is 0 Å². The molecule has 0 bridgehead atoms. The molecule has 0 heterocycles. The Hall–Kier alpha value is -1.59. The molecule has 76 valence electrons. The normalized spacial score (nSPS) is 6.57. The molecule has 1 rings (SSSR count). The Morgan fingerprint density at radius 1 is 1.29 bits per heavy atom. The lowest BCUT2D eigenvalue weighted by Gasteiger charge is -1.83. The molecule has 4 nitrogen and oxygen atoms in total. The van der Waals surface area contributed by atoms with E-state index in [1.807, 2.05) is 30.3 Å². The van der Waals surface area contributed by atoms with Gasteiger partial charge in [-0.25, -0.2) is 0 Å². The molecule has 0 atom stereocenters. The van der Waals surface area contributed by atoms with E-state index in [0.717, 1.165) is 11.5 Å². The van der Waals surface area contributed by atoms with Crippen LogP contribution in [-0.4, -0.2) is 24.7 Å². The molecule has 0 spiro atoms. The van der Waals surface area contributed by atoms with Gasteiger partial charge in [-0.3, -0.25) is 4.79 Å². The zero-order valence-corrected chi connectivity index (χ0v) is 7.73. The summed E-state index contributed by atoms with van der Waals surface area (Å²) in [6.45, 7) is 3.09. The Morgan fingerprint density at radius 2 is 1.64 bits per heavy atom. The van der Waals surface area contributed by atoms with Crippen molar-refractivity contribution in [3.05, 3.63) is 43.0 Å². The number of benzene rings is 1. The maximum Gasteiger partial charge on any atom is 0.240 e. The number of carbonyl (C=O) groups excluding carboxylic acids is 1.